The van der Waals surface area contributed by atoms with Crippen LogP contribution in [-0.2, 0) is 0 Å². The molecule has 3 N–H and O–H groups in total. The van der Waals surface area contributed by atoms with Crippen molar-refractivity contribution in [1.29, 1.82) is 0 Å². The lowest BCUT2D eigenvalue weighted by atomic mass is 10.1. The highest BCUT2D eigenvalue weighted by Crippen LogP contribution is 2.26. The number of hydrogen-bond acceptors (Lipinski definition) is 4. The SMILES string of the molecule is Cc1ccc(NC(=O)c2ccc(N)c(Cl)c2)c([N+](=O)[O-])c1. The van der Waals surface area contributed by atoms with Crippen LogP contribution in [0.3, 0.4) is 0 Å². The van der Waals surface area contributed by atoms with E-state index in [0.717, 1.165) is 5.56 Å². The molecule has 6 nitrogen and oxygen atoms in total. The van der Waals surface area contributed by atoms with Crippen molar-refractivity contribution in [3.63, 3.8) is 0 Å². The molecule has 0 aliphatic carbocycles. The molecule has 0 fully saturated rings. The summed E-state index contributed by atoms with van der Waals surface area (Å²) in [5.41, 5.74) is 6.89. The van der Waals surface area contributed by atoms with Crippen molar-refractivity contribution >= 4 is 34.6 Å². The fourth-order valence-corrected chi connectivity index (χ4v) is 1.94. The number of nitrogens with two attached hydrogens (primary N) is 1. The Morgan fingerprint density at radius 3 is 2.62 bits per heavy atom. The van der Waals surface area contributed by atoms with E-state index in [2.05, 4.69) is 5.32 Å². The number of nitrogen functional groups attached to an aromatic ring is 1. The van der Waals surface area contributed by atoms with Crippen LogP contribution in [-0.4, -0.2) is 10.8 Å². The van der Waals surface area contributed by atoms with Crippen molar-refractivity contribution in [2.45, 2.75) is 6.92 Å². The maximum absolute atomic E-state index is 12.1. The molecule has 108 valence electrons. The summed E-state index contributed by atoms with van der Waals surface area (Å²) in [6, 6.07) is 8.97. The molecule has 0 saturated heterocycles. The minimum atomic E-state index is -0.543. The molecule has 0 aliphatic heterocycles. The molecular weight excluding hydrogens is 294 g/mol. The third-order valence-electron chi connectivity index (χ3n) is 2.86. The van der Waals surface area contributed by atoms with E-state index in [-0.39, 0.29) is 22.0 Å². The topological polar surface area (TPSA) is 98.3 Å². The number of nitro benzene ring substituents is 1. The first-order valence-corrected chi connectivity index (χ1v) is 6.37. The molecule has 0 aromatic heterocycles. The number of halogens is 1. The third kappa shape index (κ3) is 3.29. The number of nitrogens with one attached hydrogen (secondary N) is 1. The second-order valence-corrected chi connectivity index (χ2v) is 4.88. The second-order valence-electron chi connectivity index (χ2n) is 4.47. The Morgan fingerprint density at radius 1 is 1.29 bits per heavy atom. The second kappa shape index (κ2) is 5.80. The Kier molecular flexibility index (Phi) is 4.09. The summed E-state index contributed by atoms with van der Waals surface area (Å²) in [5, 5.41) is 13.8. The average molecular weight is 306 g/mol. The van der Waals surface area contributed by atoms with Gasteiger partial charge in [0.2, 0.25) is 0 Å². The lowest BCUT2D eigenvalue weighted by Gasteiger charge is -2.07. The number of nitrogens with zero attached hydrogens (tertiary/aromatic N) is 1. The summed E-state index contributed by atoms with van der Waals surface area (Å²) < 4.78 is 0. The summed E-state index contributed by atoms with van der Waals surface area (Å²) in [6.07, 6.45) is 0. The highest BCUT2D eigenvalue weighted by Gasteiger charge is 2.17. The van der Waals surface area contributed by atoms with Gasteiger partial charge in [0.25, 0.3) is 11.6 Å². The highest BCUT2D eigenvalue weighted by atomic mass is 35.5. The molecule has 2 aromatic rings. The average Bonchev–Trinajstić information content (AvgIpc) is 2.43. The monoisotopic (exact) mass is 305 g/mol. The smallest absolute Gasteiger partial charge is 0.293 e. The largest absolute Gasteiger partial charge is 0.398 e. The predicted molar refractivity (Wildman–Crippen MR) is 81.7 cm³/mol. The molecule has 0 heterocycles. The van der Waals surface area contributed by atoms with Crippen molar-refractivity contribution in [3.05, 3.63) is 62.7 Å². The van der Waals surface area contributed by atoms with E-state index in [1.165, 1.54) is 30.3 Å². The zero-order valence-electron chi connectivity index (χ0n) is 11.1. The number of anilines is 2. The van der Waals surface area contributed by atoms with E-state index >= 15 is 0 Å². The Hall–Kier alpha value is -2.60. The number of hydrogen-bond donors (Lipinski definition) is 2. The van der Waals surface area contributed by atoms with E-state index in [1.807, 2.05) is 0 Å². The Morgan fingerprint density at radius 2 is 2.00 bits per heavy atom. The number of aryl methyl sites for hydroxylation is 1. The number of carbonyl (C=O) groups excluding carboxylic acids is 1. The van der Waals surface area contributed by atoms with Crippen LogP contribution in [0.5, 0.6) is 0 Å². The number of rotatable bonds is 3. The molecule has 0 atom stereocenters. The summed E-state index contributed by atoms with van der Waals surface area (Å²) in [4.78, 5) is 22.6. The van der Waals surface area contributed by atoms with Crippen LogP contribution in [0.2, 0.25) is 5.02 Å². The normalized spacial score (nSPS) is 10.2. The fourth-order valence-electron chi connectivity index (χ4n) is 1.76. The number of amides is 1. The molecule has 0 bridgehead atoms. The molecule has 2 rings (SSSR count). The van der Waals surface area contributed by atoms with Crippen molar-refractivity contribution in [2.24, 2.45) is 0 Å². The molecule has 0 radical (unpaired) electrons. The van der Waals surface area contributed by atoms with Gasteiger partial charge in [0, 0.05) is 11.6 Å². The highest BCUT2D eigenvalue weighted by molar-refractivity contribution is 6.33. The van der Waals surface area contributed by atoms with Crippen LogP contribution >= 0.6 is 11.6 Å². The summed E-state index contributed by atoms with van der Waals surface area (Å²) >= 11 is 5.85. The van der Waals surface area contributed by atoms with Crippen molar-refractivity contribution < 1.29 is 9.72 Å². The van der Waals surface area contributed by atoms with Gasteiger partial charge in [-0.25, -0.2) is 0 Å². The Labute approximate surface area is 125 Å². The summed E-state index contributed by atoms with van der Waals surface area (Å²) in [7, 11) is 0. The Balaban J connectivity index is 2.31. The number of carbonyl (C=O) groups is 1. The van der Waals surface area contributed by atoms with E-state index in [4.69, 9.17) is 17.3 Å². The van der Waals surface area contributed by atoms with Crippen LogP contribution < -0.4 is 11.1 Å². The maximum atomic E-state index is 12.1. The van der Waals surface area contributed by atoms with Gasteiger partial charge in [0.1, 0.15) is 5.69 Å². The van der Waals surface area contributed by atoms with Gasteiger partial charge in [-0.3, -0.25) is 14.9 Å². The van der Waals surface area contributed by atoms with Gasteiger partial charge in [0.05, 0.1) is 15.6 Å². The quantitative estimate of drug-likeness (QED) is 0.516. The van der Waals surface area contributed by atoms with Gasteiger partial charge < -0.3 is 11.1 Å². The first-order chi connectivity index (χ1) is 9.88. The van der Waals surface area contributed by atoms with E-state index < -0.39 is 10.8 Å². The van der Waals surface area contributed by atoms with Gasteiger partial charge in [0.15, 0.2) is 0 Å². The number of benzene rings is 2. The third-order valence-corrected chi connectivity index (χ3v) is 3.19. The summed E-state index contributed by atoms with van der Waals surface area (Å²) in [6.45, 7) is 1.73. The zero-order chi connectivity index (χ0) is 15.6. The molecule has 7 heteroatoms. The van der Waals surface area contributed by atoms with E-state index in [0.29, 0.717) is 5.69 Å². The van der Waals surface area contributed by atoms with Crippen molar-refractivity contribution in [3.8, 4) is 0 Å². The molecule has 0 aliphatic rings. The molecule has 1 amide bonds. The first kappa shape index (κ1) is 14.8. The maximum Gasteiger partial charge on any atom is 0.293 e. The van der Waals surface area contributed by atoms with E-state index in [9.17, 15) is 14.9 Å². The van der Waals surface area contributed by atoms with Crippen LogP contribution in [0.1, 0.15) is 15.9 Å². The minimum absolute atomic E-state index is 0.128. The standard InChI is InChI=1S/C14H12ClN3O3/c1-8-2-5-12(13(6-8)18(20)21)17-14(19)9-3-4-11(16)10(15)7-9/h2-7H,16H2,1H3,(H,17,19). The van der Waals surface area contributed by atoms with Gasteiger partial charge in [-0.15, -0.1) is 0 Å². The molecule has 0 saturated carbocycles. The van der Waals surface area contributed by atoms with Gasteiger partial charge >= 0.3 is 0 Å². The number of nitro groups is 1. The van der Waals surface area contributed by atoms with Crippen LogP contribution in [0.15, 0.2) is 36.4 Å². The molecule has 21 heavy (non-hydrogen) atoms. The van der Waals surface area contributed by atoms with Crippen molar-refractivity contribution in [1.82, 2.24) is 0 Å². The van der Waals surface area contributed by atoms with Crippen LogP contribution in [0.4, 0.5) is 17.1 Å². The Bertz CT molecular complexity index is 731. The van der Waals surface area contributed by atoms with Crippen LogP contribution in [0, 0.1) is 17.0 Å². The molecule has 0 unspecified atom stereocenters. The molecule has 2 aromatic carbocycles. The van der Waals surface area contributed by atoms with Crippen LogP contribution in [0.25, 0.3) is 0 Å². The lowest BCUT2D eigenvalue weighted by Crippen LogP contribution is -2.13. The lowest BCUT2D eigenvalue weighted by molar-refractivity contribution is -0.384. The predicted octanol–water partition coefficient (Wildman–Crippen LogP) is 3.39. The molecular formula is C14H12ClN3O3. The fraction of sp³-hybridized carbons (Fsp3) is 0.0714. The van der Waals surface area contributed by atoms with Gasteiger partial charge in [-0.2, -0.15) is 0 Å². The summed E-state index contributed by atoms with van der Waals surface area (Å²) in [5.74, 6) is -0.496. The molecule has 0 spiro atoms. The minimum Gasteiger partial charge on any atom is -0.398 e. The van der Waals surface area contributed by atoms with E-state index in [1.54, 1.807) is 13.0 Å². The van der Waals surface area contributed by atoms with Gasteiger partial charge in [-0.05, 0) is 36.8 Å². The van der Waals surface area contributed by atoms with Crippen molar-refractivity contribution in [2.75, 3.05) is 11.1 Å². The first-order valence-electron chi connectivity index (χ1n) is 6.00. The van der Waals surface area contributed by atoms with Gasteiger partial charge in [-0.1, -0.05) is 17.7 Å². The zero-order valence-corrected chi connectivity index (χ0v) is 11.8.